The second-order valence-corrected chi connectivity index (χ2v) is 5.76. The van der Waals surface area contributed by atoms with Gasteiger partial charge >= 0.3 is 0 Å². The van der Waals surface area contributed by atoms with E-state index in [2.05, 4.69) is 30.5 Å². The summed E-state index contributed by atoms with van der Waals surface area (Å²) in [6.45, 7) is 5.49. The summed E-state index contributed by atoms with van der Waals surface area (Å²) in [5, 5.41) is 16.5. The highest BCUT2D eigenvalue weighted by molar-refractivity contribution is 5.63. The van der Waals surface area contributed by atoms with Crippen LogP contribution in [0.25, 0.3) is 0 Å². The van der Waals surface area contributed by atoms with E-state index in [9.17, 15) is 5.11 Å². The molecule has 2 atom stereocenters. The molecule has 3 N–H and O–H groups in total. The average Bonchev–Trinajstić information content (AvgIpc) is 2.44. The molecule has 4 nitrogen and oxygen atoms in total. The number of para-hydroxylation sites is 1. The predicted molar refractivity (Wildman–Crippen MR) is 82.2 cm³/mol. The van der Waals surface area contributed by atoms with Crippen molar-refractivity contribution in [2.24, 2.45) is 5.92 Å². The maximum absolute atomic E-state index is 9.29. The smallest absolute Gasteiger partial charge is 0.142 e. The van der Waals surface area contributed by atoms with Crippen molar-refractivity contribution in [1.82, 2.24) is 5.32 Å². The summed E-state index contributed by atoms with van der Waals surface area (Å²) in [4.78, 5) is 0. The minimum Gasteiger partial charge on any atom is -0.495 e. The van der Waals surface area contributed by atoms with Crippen molar-refractivity contribution in [3.05, 3.63) is 23.8 Å². The van der Waals surface area contributed by atoms with Crippen LogP contribution < -0.4 is 15.4 Å². The number of hydrogen-bond acceptors (Lipinski definition) is 4. The van der Waals surface area contributed by atoms with Crippen LogP contribution in [0.1, 0.15) is 31.7 Å². The van der Waals surface area contributed by atoms with E-state index < -0.39 is 0 Å². The number of anilines is 1. The molecule has 1 aliphatic rings. The van der Waals surface area contributed by atoms with E-state index in [1.807, 2.05) is 12.1 Å². The van der Waals surface area contributed by atoms with Gasteiger partial charge in [-0.3, -0.25) is 5.32 Å². The molecule has 2 unspecified atom stereocenters. The summed E-state index contributed by atoms with van der Waals surface area (Å²) in [5.74, 6) is 1.27. The van der Waals surface area contributed by atoms with E-state index in [-0.39, 0.29) is 12.3 Å². The SMILES string of the molecule is COc1cccc(C)c1NC1(C)NCCCC1CCO. The van der Waals surface area contributed by atoms with Crippen LogP contribution >= 0.6 is 0 Å². The van der Waals surface area contributed by atoms with Crippen molar-refractivity contribution in [2.45, 2.75) is 38.8 Å². The van der Waals surface area contributed by atoms with Crippen molar-refractivity contribution in [3.8, 4) is 5.75 Å². The summed E-state index contributed by atoms with van der Waals surface area (Å²) in [5.41, 5.74) is 2.00. The molecule has 4 heteroatoms. The van der Waals surface area contributed by atoms with E-state index in [0.29, 0.717) is 5.92 Å². The predicted octanol–water partition coefficient (Wildman–Crippen LogP) is 2.51. The summed E-state index contributed by atoms with van der Waals surface area (Å²) >= 11 is 0. The number of benzene rings is 1. The molecule has 0 spiro atoms. The number of piperidine rings is 1. The number of aliphatic hydroxyl groups excluding tert-OH is 1. The lowest BCUT2D eigenvalue weighted by Crippen LogP contribution is -2.58. The number of aryl methyl sites for hydroxylation is 1. The lowest BCUT2D eigenvalue weighted by Gasteiger charge is -2.44. The molecule has 1 aromatic carbocycles. The average molecular weight is 278 g/mol. The first kappa shape index (κ1) is 15.1. The van der Waals surface area contributed by atoms with Gasteiger partial charge in [0.1, 0.15) is 5.75 Å². The lowest BCUT2D eigenvalue weighted by atomic mass is 9.83. The molecule has 20 heavy (non-hydrogen) atoms. The van der Waals surface area contributed by atoms with Gasteiger partial charge in [-0.2, -0.15) is 0 Å². The van der Waals surface area contributed by atoms with Crippen molar-refractivity contribution in [1.29, 1.82) is 0 Å². The summed E-state index contributed by atoms with van der Waals surface area (Å²) in [6.07, 6.45) is 3.10. The Morgan fingerprint density at radius 2 is 2.30 bits per heavy atom. The highest BCUT2D eigenvalue weighted by Crippen LogP contribution is 2.35. The fourth-order valence-electron chi connectivity index (χ4n) is 3.10. The Kier molecular flexibility index (Phi) is 4.89. The van der Waals surface area contributed by atoms with Gasteiger partial charge in [-0.15, -0.1) is 0 Å². The molecule has 112 valence electrons. The molecular formula is C16H26N2O2. The zero-order valence-corrected chi connectivity index (χ0v) is 12.7. The highest BCUT2D eigenvalue weighted by atomic mass is 16.5. The molecule has 1 aliphatic heterocycles. The third-order valence-corrected chi connectivity index (χ3v) is 4.35. The van der Waals surface area contributed by atoms with Crippen molar-refractivity contribution in [2.75, 3.05) is 25.6 Å². The molecule has 0 aliphatic carbocycles. The Morgan fingerprint density at radius 3 is 3.00 bits per heavy atom. The van der Waals surface area contributed by atoms with Gasteiger partial charge in [0, 0.05) is 6.61 Å². The first-order chi connectivity index (χ1) is 9.60. The van der Waals surface area contributed by atoms with E-state index in [0.717, 1.165) is 37.2 Å². The Morgan fingerprint density at radius 1 is 1.50 bits per heavy atom. The number of ether oxygens (including phenoxy) is 1. The second-order valence-electron chi connectivity index (χ2n) is 5.76. The molecular weight excluding hydrogens is 252 g/mol. The molecule has 1 heterocycles. The number of nitrogens with one attached hydrogen (secondary N) is 2. The van der Waals surface area contributed by atoms with Crippen LogP contribution in [0.3, 0.4) is 0 Å². The van der Waals surface area contributed by atoms with Crippen LogP contribution in [-0.2, 0) is 0 Å². The van der Waals surface area contributed by atoms with Crippen LogP contribution in [0.4, 0.5) is 5.69 Å². The monoisotopic (exact) mass is 278 g/mol. The standard InChI is InChI=1S/C16H26N2O2/c1-12-6-4-8-14(20-3)15(12)18-16(2)13(9-11-19)7-5-10-17-16/h4,6,8,13,17-19H,5,7,9-11H2,1-3H3. The van der Waals surface area contributed by atoms with Crippen LogP contribution in [0, 0.1) is 12.8 Å². The molecule has 2 rings (SSSR count). The summed E-state index contributed by atoms with van der Waals surface area (Å²) < 4.78 is 5.47. The van der Waals surface area contributed by atoms with Crippen LogP contribution in [0.2, 0.25) is 0 Å². The molecule has 1 aromatic rings. The quantitative estimate of drug-likeness (QED) is 0.774. The van der Waals surface area contributed by atoms with Gasteiger partial charge in [0.05, 0.1) is 18.5 Å². The van der Waals surface area contributed by atoms with Gasteiger partial charge in [-0.1, -0.05) is 12.1 Å². The van der Waals surface area contributed by atoms with Crippen molar-refractivity contribution >= 4 is 5.69 Å². The molecule has 0 saturated carbocycles. The topological polar surface area (TPSA) is 53.5 Å². The molecule has 0 radical (unpaired) electrons. The number of methoxy groups -OCH3 is 1. The fourth-order valence-corrected chi connectivity index (χ4v) is 3.10. The number of aliphatic hydroxyl groups is 1. The van der Waals surface area contributed by atoms with Gasteiger partial charge in [0.15, 0.2) is 0 Å². The zero-order valence-electron chi connectivity index (χ0n) is 12.7. The number of hydrogen-bond donors (Lipinski definition) is 3. The molecule has 0 amide bonds. The van der Waals surface area contributed by atoms with Gasteiger partial charge in [0.2, 0.25) is 0 Å². The Bertz CT molecular complexity index is 448. The number of rotatable bonds is 5. The van der Waals surface area contributed by atoms with Crippen LogP contribution in [0.15, 0.2) is 18.2 Å². The third kappa shape index (κ3) is 3.07. The largest absolute Gasteiger partial charge is 0.495 e. The summed E-state index contributed by atoms with van der Waals surface area (Å²) in [6, 6.07) is 6.06. The Labute approximate surface area is 121 Å². The van der Waals surface area contributed by atoms with E-state index in [1.165, 1.54) is 5.56 Å². The Hall–Kier alpha value is -1.26. The second kappa shape index (κ2) is 6.46. The van der Waals surface area contributed by atoms with Gasteiger partial charge in [0.25, 0.3) is 0 Å². The first-order valence-electron chi connectivity index (χ1n) is 7.38. The molecule has 0 bridgehead atoms. The van der Waals surface area contributed by atoms with Gasteiger partial charge in [-0.05, 0) is 57.2 Å². The highest BCUT2D eigenvalue weighted by Gasteiger charge is 2.36. The maximum atomic E-state index is 9.29. The van der Waals surface area contributed by atoms with Crippen molar-refractivity contribution in [3.63, 3.8) is 0 Å². The minimum atomic E-state index is -0.208. The zero-order chi connectivity index (χ0) is 14.6. The first-order valence-corrected chi connectivity index (χ1v) is 7.38. The molecule has 1 fully saturated rings. The normalized spacial score (nSPS) is 26.3. The van der Waals surface area contributed by atoms with Crippen molar-refractivity contribution < 1.29 is 9.84 Å². The van der Waals surface area contributed by atoms with Crippen LogP contribution in [0.5, 0.6) is 5.75 Å². The lowest BCUT2D eigenvalue weighted by molar-refractivity contribution is 0.156. The van der Waals surface area contributed by atoms with Crippen LogP contribution in [-0.4, -0.2) is 31.0 Å². The summed E-state index contributed by atoms with van der Waals surface area (Å²) in [7, 11) is 1.70. The molecule has 0 aromatic heterocycles. The van der Waals surface area contributed by atoms with E-state index in [4.69, 9.17) is 4.74 Å². The fraction of sp³-hybridized carbons (Fsp3) is 0.625. The minimum absolute atomic E-state index is 0.208. The molecule has 1 saturated heterocycles. The Balaban J connectivity index is 2.26. The maximum Gasteiger partial charge on any atom is 0.142 e. The van der Waals surface area contributed by atoms with Gasteiger partial charge in [-0.25, -0.2) is 0 Å². The van der Waals surface area contributed by atoms with Gasteiger partial charge < -0.3 is 15.2 Å². The van der Waals surface area contributed by atoms with E-state index in [1.54, 1.807) is 7.11 Å². The van der Waals surface area contributed by atoms with E-state index >= 15 is 0 Å². The third-order valence-electron chi connectivity index (χ3n) is 4.35.